The van der Waals surface area contributed by atoms with Crippen LogP contribution in [0.3, 0.4) is 0 Å². The Hall–Kier alpha value is -1.42. The average molecular weight is 500 g/mol. The monoisotopic (exact) mass is 500 g/mol. The van der Waals surface area contributed by atoms with Gasteiger partial charge in [-0.3, -0.25) is 19.5 Å². The maximum Gasteiger partial charge on any atom is 0.233 e. The maximum atomic E-state index is 12.6. The lowest BCUT2D eigenvalue weighted by atomic mass is 9.85. The maximum absolute atomic E-state index is 12.6. The minimum atomic E-state index is -0.114. The summed E-state index contributed by atoms with van der Waals surface area (Å²) in [6.07, 6.45) is 5.21. The largest absolute Gasteiger partial charge is 0.355 e. The second-order valence-corrected chi connectivity index (χ2v) is 8.57. The highest BCUT2D eigenvalue weighted by Gasteiger charge is 2.58. The molecule has 4 rings (SSSR count). The molecule has 0 radical (unpaired) electrons. The Bertz CT molecular complexity index is 760. The highest BCUT2D eigenvalue weighted by atomic mass is 127. The van der Waals surface area contributed by atoms with E-state index in [-0.39, 0.29) is 59.5 Å². The van der Waals surface area contributed by atoms with Crippen molar-refractivity contribution in [1.82, 2.24) is 15.5 Å². The highest BCUT2D eigenvalue weighted by molar-refractivity contribution is 14.0. The molecule has 2 aliphatic carbocycles. The molecule has 146 valence electrons. The first kappa shape index (κ1) is 20.3. The minimum Gasteiger partial charge on any atom is -0.355 e. The first-order valence-electron chi connectivity index (χ1n) is 9.12. The fraction of sp³-hybridized carbons (Fsp3) is 0.526. The fourth-order valence-corrected chi connectivity index (χ4v) is 5.27. The Morgan fingerprint density at radius 1 is 1.19 bits per heavy atom. The second kappa shape index (κ2) is 8.30. The Labute approximate surface area is 180 Å². The van der Waals surface area contributed by atoms with Crippen molar-refractivity contribution in [3.05, 3.63) is 34.0 Å². The zero-order chi connectivity index (χ0) is 18.3. The van der Waals surface area contributed by atoms with Crippen LogP contribution in [0.1, 0.15) is 16.2 Å². The lowest BCUT2D eigenvalue weighted by molar-refractivity contribution is -0.140. The molecule has 1 aromatic heterocycles. The number of hydrogen-bond donors (Lipinski definition) is 2. The van der Waals surface area contributed by atoms with Crippen molar-refractivity contribution in [2.75, 3.05) is 20.1 Å². The highest BCUT2D eigenvalue weighted by Crippen LogP contribution is 2.52. The van der Waals surface area contributed by atoms with E-state index in [0.717, 1.165) is 6.42 Å². The summed E-state index contributed by atoms with van der Waals surface area (Å²) < 4.78 is 0. The predicted molar refractivity (Wildman–Crippen MR) is 117 cm³/mol. The molecule has 0 spiro atoms. The lowest BCUT2D eigenvalue weighted by Crippen LogP contribution is -2.43. The van der Waals surface area contributed by atoms with Gasteiger partial charge in [0, 0.05) is 29.9 Å². The molecule has 4 unspecified atom stereocenters. The molecule has 27 heavy (non-hydrogen) atoms. The lowest BCUT2D eigenvalue weighted by Gasteiger charge is -2.18. The minimum absolute atomic E-state index is 0. The van der Waals surface area contributed by atoms with Crippen LogP contribution < -0.4 is 10.6 Å². The molecule has 1 saturated heterocycles. The number of rotatable bonds is 5. The summed E-state index contributed by atoms with van der Waals surface area (Å²) in [7, 11) is 1.72. The molecule has 0 aromatic carbocycles. The van der Waals surface area contributed by atoms with Crippen LogP contribution in [0.15, 0.2) is 29.3 Å². The number of guanidine groups is 1. The number of carbonyl (C=O) groups excluding carboxylic acids is 2. The summed E-state index contributed by atoms with van der Waals surface area (Å²) in [5.74, 6) is 1.00. The second-order valence-electron chi connectivity index (χ2n) is 7.19. The molecular formula is C19H25IN4O2S. The average Bonchev–Trinajstić information content (AvgIpc) is 3.38. The van der Waals surface area contributed by atoms with Crippen LogP contribution in [0, 0.1) is 30.6 Å². The summed E-state index contributed by atoms with van der Waals surface area (Å²) in [5.41, 5.74) is 0. The van der Waals surface area contributed by atoms with Gasteiger partial charge in [-0.25, -0.2) is 0 Å². The third kappa shape index (κ3) is 3.78. The summed E-state index contributed by atoms with van der Waals surface area (Å²) in [4.78, 5) is 33.5. The van der Waals surface area contributed by atoms with E-state index >= 15 is 0 Å². The van der Waals surface area contributed by atoms with Gasteiger partial charge in [0.15, 0.2) is 5.96 Å². The van der Waals surface area contributed by atoms with E-state index in [1.165, 1.54) is 14.7 Å². The number of likely N-dealkylation sites (tertiary alicyclic amines) is 1. The third-order valence-electron chi connectivity index (χ3n) is 5.64. The van der Waals surface area contributed by atoms with Crippen LogP contribution in [-0.2, 0) is 16.1 Å². The van der Waals surface area contributed by atoms with Crippen molar-refractivity contribution in [2.24, 2.45) is 28.7 Å². The number of carbonyl (C=O) groups is 2. The molecule has 3 aliphatic rings. The molecule has 2 N–H and O–H groups in total. The quantitative estimate of drug-likeness (QED) is 0.214. The first-order valence-corrected chi connectivity index (χ1v) is 9.93. The molecule has 2 bridgehead atoms. The van der Waals surface area contributed by atoms with Crippen LogP contribution in [0.5, 0.6) is 0 Å². The molecule has 2 fully saturated rings. The molecule has 2 amide bonds. The van der Waals surface area contributed by atoms with Gasteiger partial charge in [0.1, 0.15) is 0 Å². The van der Waals surface area contributed by atoms with Gasteiger partial charge in [0.05, 0.1) is 18.4 Å². The zero-order valence-electron chi connectivity index (χ0n) is 15.5. The van der Waals surface area contributed by atoms with Gasteiger partial charge in [-0.2, -0.15) is 0 Å². The summed E-state index contributed by atoms with van der Waals surface area (Å²) in [6.45, 7) is 3.69. The van der Waals surface area contributed by atoms with E-state index in [4.69, 9.17) is 0 Å². The van der Waals surface area contributed by atoms with Crippen LogP contribution in [0.2, 0.25) is 0 Å². The predicted octanol–water partition coefficient (Wildman–Crippen LogP) is 2.15. The molecule has 1 aliphatic heterocycles. The Morgan fingerprint density at radius 2 is 1.85 bits per heavy atom. The number of nitrogens with zero attached hydrogens (tertiary/aromatic N) is 2. The number of allylic oxidation sites excluding steroid dienone is 2. The van der Waals surface area contributed by atoms with Crippen molar-refractivity contribution >= 4 is 53.1 Å². The number of halogens is 1. The number of imide groups is 1. The number of aliphatic imine (C=N–C) groups is 1. The van der Waals surface area contributed by atoms with Gasteiger partial charge in [0.25, 0.3) is 0 Å². The summed E-state index contributed by atoms with van der Waals surface area (Å²) in [6, 6.07) is 4.20. The van der Waals surface area contributed by atoms with Crippen LogP contribution in [0.25, 0.3) is 0 Å². The molecule has 1 saturated carbocycles. The summed E-state index contributed by atoms with van der Waals surface area (Å²) in [5, 5.41) is 6.46. The standard InChI is InChI=1S/C19H24N4O2S.HI/c1-11-3-6-14(26-11)10-22-19(20-2)21-7-8-23-17(24)15-12-4-5-13(9-12)16(15)18(23)25;/h3-6,12-13,15-16H,7-10H2,1-2H3,(H2,20,21,22);1H. The van der Waals surface area contributed by atoms with E-state index in [9.17, 15) is 9.59 Å². The number of fused-ring (bicyclic) bond motifs is 5. The first-order chi connectivity index (χ1) is 12.6. The molecule has 2 heterocycles. The van der Waals surface area contributed by atoms with Crippen molar-refractivity contribution in [2.45, 2.75) is 19.9 Å². The molecule has 8 heteroatoms. The smallest absolute Gasteiger partial charge is 0.233 e. The van der Waals surface area contributed by atoms with Crippen molar-refractivity contribution in [1.29, 1.82) is 0 Å². The number of hydrogen-bond acceptors (Lipinski definition) is 4. The zero-order valence-corrected chi connectivity index (χ0v) is 18.6. The SMILES string of the molecule is CN=C(NCCN1C(=O)C2C3C=CC(C3)C2C1=O)NCc1ccc(C)s1.I. The van der Waals surface area contributed by atoms with Gasteiger partial charge in [0.2, 0.25) is 11.8 Å². The Kier molecular flexibility index (Phi) is 6.25. The fourth-order valence-electron chi connectivity index (χ4n) is 4.44. The van der Waals surface area contributed by atoms with Crippen molar-refractivity contribution in [3.8, 4) is 0 Å². The van der Waals surface area contributed by atoms with Gasteiger partial charge in [-0.05, 0) is 37.3 Å². The van der Waals surface area contributed by atoms with Crippen LogP contribution >= 0.6 is 35.3 Å². The molecule has 6 nitrogen and oxygen atoms in total. The van der Waals surface area contributed by atoms with E-state index < -0.39 is 0 Å². The van der Waals surface area contributed by atoms with Crippen LogP contribution in [0.4, 0.5) is 0 Å². The normalized spacial score (nSPS) is 28.5. The van der Waals surface area contributed by atoms with E-state index in [2.05, 4.69) is 46.8 Å². The van der Waals surface area contributed by atoms with Crippen LogP contribution in [-0.4, -0.2) is 42.8 Å². The molecular weight excluding hydrogens is 475 g/mol. The third-order valence-corrected chi connectivity index (χ3v) is 6.64. The van der Waals surface area contributed by atoms with Gasteiger partial charge >= 0.3 is 0 Å². The number of thiophene rings is 1. The topological polar surface area (TPSA) is 73.8 Å². The number of nitrogens with one attached hydrogen (secondary N) is 2. The van der Waals surface area contributed by atoms with Crippen molar-refractivity contribution < 1.29 is 9.59 Å². The van der Waals surface area contributed by atoms with Crippen molar-refractivity contribution in [3.63, 3.8) is 0 Å². The van der Waals surface area contributed by atoms with E-state index in [1.807, 2.05) is 0 Å². The molecule has 4 atom stereocenters. The summed E-state index contributed by atoms with van der Waals surface area (Å²) >= 11 is 1.75. The van der Waals surface area contributed by atoms with Gasteiger partial charge in [-0.1, -0.05) is 12.2 Å². The Balaban J connectivity index is 0.00000210. The Morgan fingerprint density at radius 3 is 2.41 bits per heavy atom. The molecule has 1 aromatic rings. The van der Waals surface area contributed by atoms with E-state index in [0.29, 0.717) is 25.6 Å². The van der Waals surface area contributed by atoms with Gasteiger partial charge < -0.3 is 10.6 Å². The van der Waals surface area contributed by atoms with E-state index in [1.54, 1.807) is 18.4 Å². The van der Waals surface area contributed by atoms with Gasteiger partial charge in [-0.15, -0.1) is 35.3 Å². The number of amides is 2. The number of aryl methyl sites for hydroxylation is 1.